The van der Waals surface area contributed by atoms with Gasteiger partial charge in [0, 0.05) is 62.0 Å². The van der Waals surface area contributed by atoms with Crippen molar-refractivity contribution < 1.29 is 14.3 Å². The van der Waals surface area contributed by atoms with Crippen molar-refractivity contribution in [3.05, 3.63) is 91.6 Å². The molecule has 3 aromatic heterocycles. The van der Waals surface area contributed by atoms with Crippen molar-refractivity contribution >= 4 is 39.7 Å². The van der Waals surface area contributed by atoms with Crippen LogP contribution in [-0.4, -0.2) is 51.0 Å². The molecular weight excluding hydrogens is 576 g/mol. The number of ether oxygens (including phenoxy) is 1. The number of fused-ring (bicyclic) bond motifs is 4. The van der Waals surface area contributed by atoms with E-state index in [1.54, 1.807) is 30.6 Å². The van der Waals surface area contributed by atoms with E-state index in [-0.39, 0.29) is 24.5 Å². The van der Waals surface area contributed by atoms with Crippen molar-refractivity contribution in [3.8, 4) is 0 Å². The number of aryl methyl sites for hydroxylation is 2. The maximum atomic E-state index is 13.6. The molecule has 0 unspecified atom stereocenters. The van der Waals surface area contributed by atoms with Gasteiger partial charge in [-0.25, -0.2) is 4.98 Å². The van der Waals surface area contributed by atoms with Gasteiger partial charge in [-0.05, 0) is 62.1 Å². The number of anilines is 3. The molecule has 5 heterocycles. The topological polar surface area (TPSA) is 102 Å². The Kier molecular flexibility index (Phi) is 7.59. The van der Waals surface area contributed by atoms with Crippen LogP contribution < -0.4 is 15.8 Å². The Morgan fingerprint density at radius 2 is 1.89 bits per heavy atom. The zero-order valence-corrected chi connectivity index (χ0v) is 25.9. The maximum Gasteiger partial charge on any atom is 0.310 e. The van der Waals surface area contributed by atoms with E-state index in [0.29, 0.717) is 22.9 Å². The lowest BCUT2D eigenvalue weighted by Gasteiger charge is -2.31. The molecule has 3 aliphatic rings. The molecule has 0 fully saturated rings. The van der Waals surface area contributed by atoms with Gasteiger partial charge in [-0.3, -0.25) is 14.4 Å². The third-order valence-corrected chi connectivity index (χ3v) is 9.84. The number of pyridine rings is 1. The smallest absolute Gasteiger partial charge is 0.310 e. The van der Waals surface area contributed by atoms with E-state index < -0.39 is 5.97 Å². The van der Waals surface area contributed by atoms with E-state index in [9.17, 15) is 14.4 Å². The molecule has 1 aromatic carbocycles. The summed E-state index contributed by atoms with van der Waals surface area (Å²) in [6.07, 6.45) is 6.96. The Balaban J connectivity index is 1.03. The summed E-state index contributed by atoms with van der Waals surface area (Å²) >= 11 is 1.56. The second-order valence-corrected chi connectivity index (χ2v) is 13.0. The summed E-state index contributed by atoms with van der Waals surface area (Å²) in [6.45, 7) is 3.19. The fraction of sp³-hybridized carbons (Fsp3) is 0.394. The van der Waals surface area contributed by atoms with Crippen LogP contribution in [-0.2, 0) is 62.0 Å². The monoisotopic (exact) mass is 612 g/mol. The van der Waals surface area contributed by atoms with Crippen LogP contribution in [0.4, 0.5) is 16.5 Å². The summed E-state index contributed by atoms with van der Waals surface area (Å²) in [5.41, 5.74) is 6.82. The van der Waals surface area contributed by atoms with E-state index in [2.05, 4.69) is 27.9 Å². The van der Waals surface area contributed by atoms with Crippen LogP contribution in [0.1, 0.15) is 56.3 Å². The highest BCUT2D eigenvalue weighted by atomic mass is 32.1. The number of nitrogens with zero attached hydrogens (tertiary/aromatic N) is 5. The summed E-state index contributed by atoms with van der Waals surface area (Å²) in [5.74, 6) is -0.425. The van der Waals surface area contributed by atoms with Crippen molar-refractivity contribution in [2.24, 2.45) is 7.05 Å². The Morgan fingerprint density at radius 3 is 2.77 bits per heavy atom. The van der Waals surface area contributed by atoms with Gasteiger partial charge in [0.1, 0.15) is 18.0 Å². The van der Waals surface area contributed by atoms with Gasteiger partial charge in [0.05, 0.1) is 17.8 Å². The number of esters is 1. The fourth-order valence-electron chi connectivity index (χ4n) is 6.60. The number of hydrogen-bond donors (Lipinski definition) is 1. The first-order valence-corrected chi connectivity index (χ1v) is 16.1. The van der Waals surface area contributed by atoms with Crippen molar-refractivity contribution in [1.29, 1.82) is 0 Å². The number of carbonyl (C=O) groups is 2. The van der Waals surface area contributed by atoms with E-state index >= 15 is 0 Å². The minimum absolute atomic E-state index is 0.00580. The normalized spacial score (nSPS) is 16.3. The number of benzene rings is 1. The summed E-state index contributed by atoms with van der Waals surface area (Å²) < 4.78 is 9.39. The van der Waals surface area contributed by atoms with Crippen molar-refractivity contribution in [1.82, 2.24) is 19.0 Å². The molecule has 1 aliphatic carbocycles. The molecule has 7 rings (SSSR count). The highest BCUT2D eigenvalue weighted by Crippen LogP contribution is 2.32. The molecule has 1 N–H and O–H groups in total. The van der Waals surface area contributed by atoms with Crippen LogP contribution in [0.2, 0.25) is 0 Å². The van der Waals surface area contributed by atoms with Gasteiger partial charge in [0.2, 0.25) is 0 Å². The Hall–Kier alpha value is -4.22. The van der Waals surface area contributed by atoms with Crippen LogP contribution in [0, 0.1) is 0 Å². The molecule has 1 amide bonds. The van der Waals surface area contributed by atoms with Crippen LogP contribution >= 0.6 is 11.3 Å². The van der Waals surface area contributed by atoms with Crippen molar-refractivity contribution in [2.75, 3.05) is 30.4 Å². The lowest BCUT2D eigenvalue weighted by Crippen LogP contribution is -2.41. The molecule has 2 aliphatic heterocycles. The SMILES string of the molecule is CN1CCc2nc(Nc3cc(CC(=O)OCc4ccccc4N4CCn5c(cc6c5CCCC6)C4=O)cn(C)c3=O)sc2C1. The number of hydrogen-bond acceptors (Lipinski definition) is 8. The molecule has 228 valence electrons. The quantitative estimate of drug-likeness (QED) is 0.312. The molecule has 0 bridgehead atoms. The first-order valence-electron chi connectivity index (χ1n) is 15.2. The second-order valence-electron chi connectivity index (χ2n) is 12.0. The third kappa shape index (κ3) is 5.46. The summed E-state index contributed by atoms with van der Waals surface area (Å²) in [7, 11) is 3.76. The highest BCUT2D eigenvalue weighted by molar-refractivity contribution is 7.15. The molecule has 0 saturated carbocycles. The van der Waals surface area contributed by atoms with Gasteiger partial charge in [0.15, 0.2) is 5.13 Å². The number of carbonyl (C=O) groups excluding carboxylic acids is 2. The van der Waals surface area contributed by atoms with E-state index in [1.807, 2.05) is 29.2 Å². The standard InChI is InChI=1S/C33H36N6O4S/c1-36-12-11-24-29(19-36)44-33(34-24)35-25-15-21(18-37(2)31(25)41)16-30(40)43-20-23-8-4-6-10-27(23)39-14-13-38-26-9-5-3-7-22(26)17-28(38)32(39)42/h4,6,8,10,15,17-18H,3,5,7,9,11-14,16,19-20H2,1-2H3,(H,34,35). The Morgan fingerprint density at radius 1 is 1.05 bits per heavy atom. The van der Waals surface area contributed by atoms with Gasteiger partial charge in [-0.1, -0.05) is 18.2 Å². The molecule has 0 atom stereocenters. The van der Waals surface area contributed by atoms with Crippen LogP contribution in [0.15, 0.2) is 47.4 Å². The van der Waals surface area contributed by atoms with E-state index in [4.69, 9.17) is 9.72 Å². The highest BCUT2D eigenvalue weighted by Gasteiger charge is 2.31. The first-order chi connectivity index (χ1) is 21.3. The zero-order valence-electron chi connectivity index (χ0n) is 25.1. The van der Waals surface area contributed by atoms with Crippen LogP contribution in [0.25, 0.3) is 0 Å². The minimum Gasteiger partial charge on any atom is -0.460 e. The van der Waals surface area contributed by atoms with Gasteiger partial charge >= 0.3 is 5.97 Å². The predicted molar refractivity (Wildman–Crippen MR) is 170 cm³/mol. The molecular formula is C33H36N6O4S. The lowest BCUT2D eigenvalue weighted by molar-refractivity contribution is -0.144. The molecule has 0 saturated heterocycles. The number of likely N-dealkylation sites (N-methyl/N-ethyl adjacent to an activating group) is 1. The number of rotatable bonds is 7. The third-order valence-electron chi connectivity index (χ3n) is 8.84. The molecule has 44 heavy (non-hydrogen) atoms. The molecule has 4 aromatic rings. The summed E-state index contributed by atoms with van der Waals surface area (Å²) in [4.78, 5) is 49.5. The van der Waals surface area contributed by atoms with Gasteiger partial charge in [-0.2, -0.15) is 0 Å². The van der Waals surface area contributed by atoms with Crippen molar-refractivity contribution in [2.45, 2.75) is 58.2 Å². The van der Waals surface area contributed by atoms with Gasteiger partial charge < -0.3 is 29.0 Å². The molecule has 10 nitrogen and oxygen atoms in total. The summed E-state index contributed by atoms with van der Waals surface area (Å²) in [5, 5.41) is 3.87. The van der Waals surface area contributed by atoms with Crippen LogP contribution in [0.5, 0.6) is 0 Å². The molecule has 11 heteroatoms. The number of thiazole rings is 1. The Bertz CT molecular complexity index is 1820. The number of para-hydroxylation sites is 1. The van der Waals surface area contributed by atoms with Crippen LogP contribution in [0.3, 0.4) is 0 Å². The predicted octanol–water partition coefficient (Wildman–Crippen LogP) is 4.20. The molecule has 0 spiro atoms. The lowest BCUT2D eigenvalue weighted by atomic mass is 9.98. The minimum atomic E-state index is -0.413. The fourth-order valence-corrected chi connectivity index (χ4v) is 7.70. The number of aromatic nitrogens is 3. The average Bonchev–Trinajstić information content (AvgIpc) is 3.60. The molecule has 0 radical (unpaired) electrons. The van der Waals surface area contributed by atoms with Crippen molar-refractivity contribution in [3.63, 3.8) is 0 Å². The van der Waals surface area contributed by atoms with E-state index in [0.717, 1.165) is 61.5 Å². The van der Waals surface area contributed by atoms with E-state index in [1.165, 1.54) is 33.5 Å². The largest absolute Gasteiger partial charge is 0.460 e. The average molecular weight is 613 g/mol. The van der Waals surface area contributed by atoms with Gasteiger partial charge in [0.25, 0.3) is 11.5 Å². The first kappa shape index (κ1) is 28.5. The number of amides is 1. The van der Waals surface area contributed by atoms with Gasteiger partial charge in [-0.15, -0.1) is 11.3 Å². The maximum absolute atomic E-state index is 13.6. The number of nitrogens with one attached hydrogen (secondary N) is 1. The Labute approximate surface area is 259 Å². The second kappa shape index (κ2) is 11.7. The summed E-state index contributed by atoms with van der Waals surface area (Å²) in [6, 6.07) is 11.4. The zero-order chi connectivity index (χ0) is 30.4.